The first kappa shape index (κ1) is 22.5. The molecule has 1 aliphatic heterocycles. The molecule has 2 aromatic carbocycles. The SMILES string of the molecule is CN=C(NCc1cccc(NC(=O)N2CCCC2)c1)NCc1cccc(C(F)(F)F)c1. The lowest BCUT2D eigenvalue weighted by Gasteiger charge is -2.17. The number of anilines is 1. The number of likely N-dealkylation sites (tertiary alicyclic amines) is 1. The Balaban J connectivity index is 1.52. The summed E-state index contributed by atoms with van der Waals surface area (Å²) in [6.07, 6.45) is -2.31. The van der Waals surface area contributed by atoms with Gasteiger partial charge in [-0.2, -0.15) is 13.2 Å². The number of hydrogen-bond donors (Lipinski definition) is 3. The molecule has 0 radical (unpaired) electrons. The van der Waals surface area contributed by atoms with Gasteiger partial charge in [0, 0.05) is 38.9 Å². The molecule has 31 heavy (non-hydrogen) atoms. The highest BCUT2D eigenvalue weighted by Gasteiger charge is 2.30. The van der Waals surface area contributed by atoms with Crippen LogP contribution in [0.1, 0.15) is 29.5 Å². The highest BCUT2D eigenvalue weighted by atomic mass is 19.4. The summed E-state index contributed by atoms with van der Waals surface area (Å²) in [5.74, 6) is 0.462. The number of hydrogen-bond acceptors (Lipinski definition) is 2. The molecule has 2 amide bonds. The number of carbonyl (C=O) groups excluding carboxylic acids is 1. The van der Waals surface area contributed by atoms with Crippen molar-refractivity contribution in [2.45, 2.75) is 32.1 Å². The number of guanidine groups is 1. The van der Waals surface area contributed by atoms with Crippen molar-refractivity contribution in [1.29, 1.82) is 0 Å². The lowest BCUT2D eigenvalue weighted by molar-refractivity contribution is -0.137. The quantitative estimate of drug-likeness (QED) is 0.489. The van der Waals surface area contributed by atoms with Gasteiger partial charge >= 0.3 is 12.2 Å². The first-order valence-corrected chi connectivity index (χ1v) is 10.1. The van der Waals surface area contributed by atoms with Crippen LogP contribution in [0.4, 0.5) is 23.7 Å². The van der Waals surface area contributed by atoms with Crippen LogP contribution >= 0.6 is 0 Å². The molecule has 0 saturated carbocycles. The van der Waals surface area contributed by atoms with Crippen molar-refractivity contribution in [1.82, 2.24) is 15.5 Å². The fourth-order valence-corrected chi connectivity index (χ4v) is 3.33. The number of nitrogens with zero attached hydrogens (tertiary/aromatic N) is 2. The number of rotatable bonds is 5. The molecule has 1 fully saturated rings. The minimum atomic E-state index is -4.37. The van der Waals surface area contributed by atoms with Gasteiger partial charge in [0.25, 0.3) is 0 Å². The van der Waals surface area contributed by atoms with Crippen molar-refractivity contribution >= 4 is 17.7 Å². The number of carbonyl (C=O) groups is 1. The third-order valence-electron chi connectivity index (χ3n) is 4.97. The van der Waals surface area contributed by atoms with Crippen molar-refractivity contribution in [2.24, 2.45) is 4.99 Å². The second-order valence-corrected chi connectivity index (χ2v) is 7.30. The van der Waals surface area contributed by atoms with Crippen LogP contribution in [-0.4, -0.2) is 37.0 Å². The van der Waals surface area contributed by atoms with Crippen molar-refractivity contribution in [2.75, 3.05) is 25.5 Å². The van der Waals surface area contributed by atoms with Crippen molar-refractivity contribution in [3.63, 3.8) is 0 Å². The molecule has 0 spiro atoms. The van der Waals surface area contributed by atoms with Gasteiger partial charge in [-0.25, -0.2) is 4.79 Å². The van der Waals surface area contributed by atoms with E-state index in [2.05, 4.69) is 20.9 Å². The van der Waals surface area contributed by atoms with Gasteiger partial charge in [0.15, 0.2) is 5.96 Å². The molecule has 6 nitrogen and oxygen atoms in total. The minimum absolute atomic E-state index is 0.0961. The highest BCUT2D eigenvalue weighted by molar-refractivity contribution is 5.89. The van der Waals surface area contributed by atoms with Crippen LogP contribution in [0.15, 0.2) is 53.5 Å². The number of aliphatic imine (C=N–C) groups is 1. The number of halogens is 3. The maximum absolute atomic E-state index is 12.9. The molecule has 3 rings (SSSR count). The maximum atomic E-state index is 12.9. The van der Waals surface area contributed by atoms with E-state index in [0.717, 1.165) is 43.6 Å². The Hall–Kier alpha value is -3.23. The molecule has 0 unspecified atom stereocenters. The number of benzene rings is 2. The molecule has 1 saturated heterocycles. The van der Waals surface area contributed by atoms with Crippen molar-refractivity contribution in [3.05, 3.63) is 65.2 Å². The molecule has 0 atom stereocenters. The first-order chi connectivity index (χ1) is 14.8. The summed E-state index contributed by atoms with van der Waals surface area (Å²) >= 11 is 0. The summed E-state index contributed by atoms with van der Waals surface area (Å²) in [7, 11) is 1.59. The summed E-state index contributed by atoms with van der Waals surface area (Å²) in [6, 6.07) is 12.6. The molecular formula is C22H26F3N5O. The minimum Gasteiger partial charge on any atom is -0.352 e. The van der Waals surface area contributed by atoms with Crippen LogP contribution < -0.4 is 16.0 Å². The monoisotopic (exact) mass is 433 g/mol. The molecule has 9 heteroatoms. The van der Waals surface area contributed by atoms with E-state index in [1.54, 1.807) is 18.0 Å². The largest absolute Gasteiger partial charge is 0.416 e. The lowest BCUT2D eigenvalue weighted by atomic mass is 10.1. The van der Waals surface area contributed by atoms with Crippen LogP contribution in [0, 0.1) is 0 Å². The zero-order chi connectivity index (χ0) is 22.3. The van der Waals surface area contributed by atoms with E-state index in [4.69, 9.17) is 0 Å². The molecule has 2 aromatic rings. The number of urea groups is 1. The second kappa shape index (κ2) is 10.2. The van der Waals surface area contributed by atoms with E-state index in [-0.39, 0.29) is 12.6 Å². The van der Waals surface area contributed by atoms with Crippen LogP contribution in [-0.2, 0) is 19.3 Å². The number of amides is 2. The molecule has 0 aromatic heterocycles. The third-order valence-corrected chi connectivity index (χ3v) is 4.97. The van der Waals surface area contributed by atoms with E-state index in [1.165, 1.54) is 6.07 Å². The van der Waals surface area contributed by atoms with E-state index < -0.39 is 11.7 Å². The molecular weight excluding hydrogens is 407 g/mol. The van der Waals surface area contributed by atoms with E-state index in [0.29, 0.717) is 23.8 Å². The summed E-state index contributed by atoms with van der Waals surface area (Å²) in [5.41, 5.74) is 1.47. The predicted octanol–water partition coefficient (Wildman–Crippen LogP) is 4.20. The molecule has 1 heterocycles. The second-order valence-electron chi connectivity index (χ2n) is 7.30. The Kier molecular flexibility index (Phi) is 7.38. The van der Waals surface area contributed by atoms with Crippen molar-refractivity contribution < 1.29 is 18.0 Å². The molecule has 0 bridgehead atoms. The van der Waals surface area contributed by atoms with Gasteiger partial charge in [-0.1, -0.05) is 24.3 Å². The summed E-state index contributed by atoms with van der Waals surface area (Å²) in [6.45, 7) is 2.20. The molecule has 0 aliphatic carbocycles. The zero-order valence-corrected chi connectivity index (χ0v) is 17.3. The van der Waals surface area contributed by atoms with Gasteiger partial charge < -0.3 is 20.9 Å². The summed E-state index contributed by atoms with van der Waals surface area (Å²) in [4.78, 5) is 18.1. The predicted molar refractivity (Wildman–Crippen MR) is 115 cm³/mol. The standard InChI is InChI=1S/C22H26F3N5O/c1-26-20(27-14-16-6-4-8-18(12-16)22(23,24)25)28-15-17-7-5-9-19(13-17)29-21(31)30-10-2-3-11-30/h4-9,12-13H,2-3,10-11,14-15H2,1H3,(H,29,31)(H2,26,27,28). The molecule has 1 aliphatic rings. The van der Waals surface area contributed by atoms with Gasteiger partial charge in [-0.15, -0.1) is 0 Å². The summed E-state index contributed by atoms with van der Waals surface area (Å²) < 4.78 is 38.6. The zero-order valence-electron chi connectivity index (χ0n) is 17.3. The number of alkyl halides is 3. The van der Waals surface area contributed by atoms with Gasteiger partial charge in [0.1, 0.15) is 0 Å². The molecule has 166 valence electrons. The van der Waals surface area contributed by atoms with Crippen LogP contribution in [0.25, 0.3) is 0 Å². The third kappa shape index (κ3) is 6.63. The van der Waals surface area contributed by atoms with Gasteiger partial charge in [0.05, 0.1) is 5.56 Å². The Labute approximate surface area is 179 Å². The molecule has 3 N–H and O–H groups in total. The van der Waals surface area contributed by atoms with Crippen molar-refractivity contribution in [3.8, 4) is 0 Å². The van der Waals surface area contributed by atoms with E-state index in [9.17, 15) is 18.0 Å². The van der Waals surface area contributed by atoms with E-state index in [1.807, 2.05) is 24.3 Å². The van der Waals surface area contributed by atoms with E-state index >= 15 is 0 Å². The van der Waals surface area contributed by atoms with Crippen LogP contribution in [0.5, 0.6) is 0 Å². The van der Waals surface area contributed by atoms with Gasteiger partial charge in [0.2, 0.25) is 0 Å². The first-order valence-electron chi connectivity index (χ1n) is 10.1. The highest BCUT2D eigenvalue weighted by Crippen LogP contribution is 2.29. The normalized spacial score (nSPS) is 14.5. The van der Waals surface area contributed by atoms with Gasteiger partial charge in [-0.05, 0) is 48.2 Å². The summed E-state index contributed by atoms with van der Waals surface area (Å²) in [5, 5.41) is 9.06. The Morgan fingerprint density at radius 3 is 2.23 bits per heavy atom. The smallest absolute Gasteiger partial charge is 0.352 e. The fraction of sp³-hybridized carbons (Fsp3) is 0.364. The Bertz CT molecular complexity index is 923. The fourth-order valence-electron chi connectivity index (χ4n) is 3.33. The topological polar surface area (TPSA) is 68.8 Å². The average Bonchev–Trinajstić information content (AvgIpc) is 3.29. The lowest BCUT2D eigenvalue weighted by Crippen LogP contribution is -2.36. The van der Waals surface area contributed by atoms with Crippen LogP contribution in [0.2, 0.25) is 0 Å². The maximum Gasteiger partial charge on any atom is 0.416 e. The Morgan fingerprint density at radius 1 is 1.00 bits per heavy atom. The van der Waals surface area contributed by atoms with Gasteiger partial charge in [-0.3, -0.25) is 4.99 Å². The average molecular weight is 433 g/mol. The number of nitrogens with one attached hydrogen (secondary N) is 3. The van der Waals surface area contributed by atoms with Crippen LogP contribution in [0.3, 0.4) is 0 Å². The Morgan fingerprint density at radius 2 is 1.61 bits per heavy atom.